The number of carbonyl (C=O) groups is 2. The number of rotatable bonds is 4. The van der Waals surface area contributed by atoms with Gasteiger partial charge < -0.3 is 15.3 Å². The highest BCUT2D eigenvalue weighted by atomic mass is 16.3. The molecule has 1 fully saturated rings. The van der Waals surface area contributed by atoms with Crippen LogP contribution in [0.3, 0.4) is 0 Å². The van der Waals surface area contributed by atoms with Gasteiger partial charge in [-0.1, -0.05) is 36.4 Å². The van der Waals surface area contributed by atoms with Crippen molar-refractivity contribution in [1.82, 2.24) is 10.2 Å². The van der Waals surface area contributed by atoms with E-state index in [4.69, 9.17) is 0 Å². The van der Waals surface area contributed by atoms with Gasteiger partial charge in [0.15, 0.2) is 0 Å². The number of carbonyl (C=O) groups excluding carboxylic acids is 2. The van der Waals surface area contributed by atoms with E-state index in [0.717, 1.165) is 5.56 Å². The Labute approximate surface area is 147 Å². The van der Waals surface area contributed by atoms with Crippen LogP contribution in [0.25, 0.3) is 0 Å². The highest BCUT2D eigenvalue weighted by molar-refractivity contribution is 5.96. The molecular weight excluding hydrogens is 316 g/mol. The van der Waals surface area contributed by atoms with Gasteiger partial charge in [0.1, 0.15) is 5.75 Å². The Bertz CT molecular complexity index is 789. The van der Waals surface area contributed by atoms with Gasteiger partial charge in [-0.15, -0.1) is 0 Å². The molecule has 1 saturated heterocycles. The van der Waals surface area contributed by atoms with Crippen LogP contribution >= 0.6 is 0 Å². The Balaban J connectivity index is 1.74. The molecular formula is C20H22N2O3. The summed E-state index contributed by atoms with van der Waals surface area (Å²) in [5.41, 5.74) is 2.08. The minimum Gasteiger partial charge on any atom is -0.508 e. The molecule has 3 rings (SSSR count). The number of phenolic OH excluding ortho intramolecular Hbond substituents is 1. The largest absolute Gasteiger partial charge is 0.508 e. The highest BCUT2D eigenvalue weighted by Crippen LogP contribution is 2.36. The van der Waals surface area contributed by atoms with Gasteiger partial charge in [-0.05, 0) is 24.6 Å². The molecule has 0 spiro atoms. The Morgan fingerprint density at radius 1 is 1.20 bits per heavy atom. The molecule has 25 heavy (non-hydrogen) atoms. The van der Waals surface area contributed by atoms with Crippen LogP contribution in [0.4, 0.5) is 0 Å². The van der Waals surface area contributed by atoms with E-state index in [-0.39, 0.29) is 29.5 Å². The lowest BCUT2D eigenvalue weighted by Crippen LogP contribution is -2.32. The summed E-state index contributed by atoms with van der Waals surface area (Å²) in [5, 5.41) is 12.7. The van der Waals surface area contributed by atoms with Gasteiger partial charge in [0.2, 0.25) is 5.91 Å². The molecule has 0 bridgehead atoms. The molecule has 5 heteroatoms. The molecule has 0 aliphatic carbocycles. The Kier molecular flexibility index (Phi) is 4.74. The van der Waals surface area contributed by atoms with Crippen molar-refractivity contribution in [3.8, 4) is 5.75 Å². The van der Waals surface area contributed by atoms with Crippen molar-refractivity contribution in [3.63, 3.8) is 0 Å². The number of aromatic hydroxyl groups is 1. The van der Waals surface area contributed by atoms with Gasteiger partial charge in [-0.3, -0.25) is 9.59 Å². The molecule has 130 valence electrons. The highest BCUT2D eigenvalue weighted by Gasteiger charge is 2.38. The first kappa shape index (κ1) is 17.0. The summed E-state index contributed by atoms with van der Waals surface area (Å²) in [6.07, 6.45) is 0.412. The SMILES string of the molecule is Cc1c(O)cccc1C(=O)NC[C@H]1CC(=O)N(C)[C@H]1c1ccccc1. The molecule has 0 unspecified atom stereocenters. The molecule has 2 N–H and O–H groups in total. The minimum atomic E-state index is -0.234. The molecule has 2 amide bonds. The number of hydrogen-bond donors (Lipinski definition) is 2. The third-order valence-corrected chi connectivity index (χ3v) is 4.91. The van der Waals surface area contributed by atoms with E-state index >= 15 is 0 Å². The number of benzene rings is 2. The van der Waals surface area contributed by atoms with Crippen molar-refractivity contribution in [2.75, 3.05) is 13.6 Å². The van der Waals surface area contributed by atoms with Crippen molar-refractivity contribution in [3.05, 3.63) is 65.2 Å². The van der Waals surface area contributed by atoms with Crippen molar-refractivity contribution in [2.45, 2.75) is 19.4 Å². The van der Waals surface area contributed by atoms with Crippen molar-refractivity contribution in [1.29, 1.82) is 0 Å². The number of amides is 2. The van der Waals surface area contributed by atoms with Crippen molar-refractivity contribution >= 4 is 11.8 Å². The van der Waals surface area contributed by atoms with Crippen LogP contribution in [-0.4, -0.2) is 35.4 Å². The number of nitrogens with zero attached hydrogens (tertiary/aromatic N) is 1. The van der Waals surface area contributed by atoms with Gasteiger partial charge in [0.25, 0.3) is 5.91 Å². The summed E-state index contributed by atoms with van der Waals surface area (Å²) in [6, 6.07) is 14.7. The summed E-state index contributed by atoms with van der Waals surface area (Å²) in [5.74, 6) is -0.0316. The zero-order valence-electron chi connectivity index (χ0n) is 14.4. The van der Waals surface area contributed by atoms with Crippen LogP contribution in [0.15, 0.2) is 48.5 Å². The zero-order chi connectivity index (χ0) is 18.0. The van der Waals surface area contributed by atoms with Crippen LogP contribution < -0.4 is 5.32 Å². The first-order chi connectivity index (χ1) is 12.0. The number of nitrogens with one attached hydrogen (secondary N) is 1. The molecule has 1 aliphatic rings. The first-order valence-electron chi connectivity index (χ1n) is 8.36. The van der Waals surface area contributed by atoms with Gasteiger partial charge in [0.05, 0.1) is 6.04 Å². The Morgan fingerprint density at radius 2 is 1.92 bits per heavy atom. The molecule has 1 heterocycles. The predicted octanol–water partition coefficient (Wildman–Crippen LogP) is 2.65. The molecule has 0 saturated carbocycles. The average Bonchev–Trinajstić information content (AvgIpc) is 2.90. The second-order valence-electron chi connectivity index (χ2n) is 6.48. The number of phenols is 1. The smallest absolute Gasteiger partial charge is 0.251 e. The Hall–Kier alpha value is -2.82. The minimum absolute atomic E-state index is 0.0152. The van der Waals surface area contributed by atoms with Crippen LogP contribution in [0.2, 0.25) is 0 Å². The monoisotopic (exact) mass is 338 g/mol. The second kappa shape index (κ2) is 6.97. The van der Waals surface area contributed by atoms with E-state index in [1.165, 1.54) is 0 Å². The summed E-state index contributed by atoms with van der Waals surface area (Å²) < 4.78 is 0. The van der Waals surface area contributed by atoms with Crippen molar-refractivity contribution < 1.29 is 14.7 Å². The normalized spacial score (nSPS) is 19.9. The summed E-state index contributed by atoms with van der Waals surface area (Å²) >= 11 is 0. The standard InChI is InChI=1S/C20H22N2O3/c1-13-16(9-6-10-17(13)23)20(25)21-12-15-11-18(24)22(2)19(15)14-7-4-3-5-8-14/h3-10,15,19,23H,11-12H2,1-2H3,(H,21,25)/t15-,19+/m1/s1. The maximum atomic E-state index is 12.5. The van der Waals surface area contributed by atoms with E-state index in [9.17, 15) is 14.7 Å². The lowest BCUT2D eigenvalue weighted by molar-refractivity contribution is -0.127. The maximum absolute atomic E-state index is 12.5. The van der Waals surface area contributed by atoms with E-state index in [0.29, 0.717) is 24.1 Å². The number of hydrogen-bond acceptors (Lipinski definition) is 3. The quantitative estimate of drug-likeness (QED) is 0.900. The lowest BCUT2D eigenvalue weighted by Gasteiger charge is -2.25. The van der Waals surface area contributed by atoms with E-state index < -0.39 is 0 Å². The van der Waals surface area contributed by atoms with Gasteiger partial charge >= 0.3 is 0 Å². The molecule has 2 atom stereocenters. The van der Waals surface area contributed by atoms with Gasteiger partial charge in [-0.25, -0.2) is 0 Å². The van der Waals surface area contributed by atoms with Crippen LogP contribution in [0.1, 0.15) is 33.9 Å². The van der Waals surface area contributed by atoms with Crippen molar-refractivity contribution in [2.24, 2.45) is 5.92 Å². The third kappa shape index (κ3) is 3.36. The number of likely N-dealkylation sites (tertiary alicyclic amines) is 1. The van der Waals surface area contributed by atoms with Crippen LogP contribution in [-0.2, 0) is 4.79 Å². The molecule has 2 aromatic rings. The third-order valence-electron chi connectivity index (χ3n) is 4.91. The molecule has 2 aromatic carbocycles. The fraction of sp³-hybridized carbons (Fsp3) is 0.300. The first-order valence-corrected chi connectivity index (χ1v) is 8.36. The predicted molar refractivity (Wildman–Crippen MR) is 95.2 cm³/mol. The maximum Gasteiger partial charge on any atom is 0.251 e. The molecule has 1 aliphatic heterocycles. The van der Waals surface area contributed by atoms with E-state index in [1.54, 1.807) is 37.1 Å². The van der Waals surface area contributed by atoms with E-state index in [2.05, 4.69) is 5.32 Å². The fourth-order valence-corrected chi connectivity index (χ4v) is 3.47. The van der Waals surface area contributed by atoms with Crippen LogP contribution in [0.5, 0.6) is 5.75 Å². The summed E-state index contributed by atoms with van der Waals surface area (Å²) in [6.45, 7) is 2.12. The average molecular weight is 338 g/mol. The Morgan fingerprint density at radius 3 is 2.64 bits per heavy atom. The second-order valence-corrected chi connectivity index (χ2v) is 6.48. The molecule has 0 aromatic heterocycles. The lowest BCUT2D eigenvalue weighted by atomic mass is 9.93. The summed E-state index contributed by atoms with van der Waals surface area (Å²) in [4.78, 5) is 26.4. The van der Waals surface area contributed by atoms with Gasteiger partial charge in [0, 0.05) is 37.1 Å². The topological polar surface area (TPSA) is 69.6 Å². The van der Waals surface area contributed by atoms with E-state index in [1.807, 2.05) is 30.3 Å². The zero-order valence-corrected chi connectivity index (χ0v) is 14.4. The molecule has 5 nitrogen and oxygen atoms in total. The fourth-order valence-electron chi connectivity index (χ4n) is 3.47. The van der Waals surface area contributed by atoms with Gasteiger partial charge in [-0.2, -0.15) is 0 Å². The van der Waals surface area contributed by atoms with Crippen LogP contribution in [0, 0.1) is 12.8 Å². The summed E-state index contributed by atoms with van der Waals surface area (Å²) in [7, 11) is 1.81. The molecule has 0 radical (unpaired) electrons.